The number of pyridine rings is 1. The zero-order chi connectivity index (χ0) is 59.8. The number of hydrogen-bond donors (Lipinski definition) is 1. The van der Waals surface area contributed by atoms with E-state index in [1.807, 2.05) is 133 Å². The molecule has 0 spiro atoms. The first-order valence-corrected chi connectivity index (χ1v) is 21.0. The standard InChI is InChI=1S/C60H57N3O/c1-39(2)31-40-27-28-54(50(32-40)43-23-16-11-17-24-43)63-55-26-18-25-49(56(55)62-58(63)51-37-48(59(3,4)5)38-52(57(51)64)60(6,7)8)46-33-45(42-21-14-10-15-22-42)34-47(35-46)53-36-44(29-30-61-53)41-19-12-9-13-20-41/h9-30,32-39,64H,31H2,1-8H3/i3D3,4D3,5D3,6D3,7D3,8D3. The molecule has 0 saturated heterocycles. The third-order valence-corrected chi connectivity index (χ3v) is 11.4. The number of aromatic hydroxyl groups is 1. The van der Waals surface area contributed by atoms with Crippen LogP contribution < -0.4 is 0 Å². The van der Waals surface area contributed by atoms with Crippen molar-refractivity contribution in [1.82, 2.24) is 14.5 Å². The number of hydrogen-bond acceptors (Lipinski definition) is 3. The van der Waals surface area contributed by atoms with Crippen LogP contribution in [-0.4, -0.2) is 19.6 Å². The van der Waals surface area contributed by atoms with E-state index in [0.29, 0.717) is 51.7 Å². The van der Waals surface area contributed by atoms with Gasteiger partial charge in [0.2, 0.25) is 0 Å². The molecule has 4 heteroatoms. The number of fused-ring (bicyclic) bond motifs is 1. The molecule has 2 heterocycles. The first-order valence-electron chi connectivity index (χ1n) is 30.0. The summed E-state index contributed by atoms with van der Waals surface area (Å²) in [6.45, 7) is -20.4. The third-order valence-electron chi connectivity index (χ3n) is 11.4. The minimum absolute atomic E-state index is 0.179. The van der Waals surface area contributed by atoms with Crippen LogP contribution in [0.15, 0.2) is 176 Å². The van der Waals surface area contributed by atoms with Gasteiger partial charge in [0, 0.05) is 53.1 Å². The summed E-state index contributed by atoms with van der Waals surface area (Å²) in [5.74, 6) is -1.56. The fraction of sp³-hybridized carbons (Fsp3) is 0.200. The molecule has 64 heavy (non-hydrogen) atoms. The SMILES string of the molecule is [2H]C([2H])([2H])C(c1cc(-c2nc3c(-c4cc(-c5ccccc5)cc(-c5cc(-c6ccccc6)ccn5)c4)cccc3n2-c2ccc(CC(C)C)cc2-c2ccccc2)c(O)c(C(C([2H])([2H])[2H])(C([2H])([2H])[2H])C([2H])([2H])[2H])c1)(C([2H])([2H])[2H])C([2H])([2H])[2H]. The summed E-state index contributed by atoms with van der Waals surface area (Å²) in [4.78, 5) is 10.0. The van der Waals surface area contributed by atoms with Crippen molar-refractivity contribution in [2.24, 2.45) is 5.92 Å². The van der Waals surface area contributed by atoms with Crippen molar-refractivity contribution in [3.05, 3.63) is 193 Å². The number of aromatic nitrogens is 3. The van der Waals surface area contributed by atoms with Gasteiger partial charge >= 0.3 is 0 Å². The molecule has 0 radical (unpaired) electrons. The van der Waals surface area contributed by atoms with E-state index in [9.17, 15) is 5.11 Å². The van der Waals surface area contributed by atoms with E-state index in [1.165, 1.54) is 0 Å². The predicted molar refractivity (Wildman–Crippen MR) is 269 cm³/mol. The van der Waals surface area contributed by atoms with E-state index in [1.54, 1.807) is 35.0 Å². The molecule has 7 aromatic carbocycles. The first kappa shape index (κ1) is 25.9. The average molecular weight is 854 g/mol. The van der Waals surface area contributed by atoms with E-state index in [4.69, 9.17) is 34.6 Å². The molecule has 0 aliphatic heterocycles. The molecule has 0 fully saturated rings. The number of phenolic OH excluding ortho intramolecular Hbond substituents is 1. The summed E-state index contributed by atoms with van der Waals surface area (Å²) in [5.41, 5.74) is -2.85. The normalized spacial score (nSPS) is 17.4. The Morgan fingerprint density at radius 1 is 0.547 bits per heavy atom. The van der Waals surface area contributed by atoms with Crippen LogP contribution in [0.1, 0.15) is 96.3 Å². The van der Waals surface area contributed by atoms with Gasteiger partial charge < -0.3 is 5.11 Å². The number of nitrogens with zero attached hydrogens (tertiary/aromatic N) is 3. The lowest BCUT2D eigenvalue weighted by molar-refractivity contribution is 0.446. The Labute approximate surface area is 404 Å². The number of rotatable bonds is 9. The highest BCUT2D eigenvalue weighted by molar-refractivity contribution is 5.98. The lowest BCUT2D eigenvalue weighted by Crippen LogP contribution is -2.17. The fourth-order valence-corrected chi connectivity index (χ4v) is 8.42. The maximum Gasteiger partial charge on any atom is 0.149 e. The maximum atomic E-state index is 13.1. The Morgan fingerprint density at radius 3 is 1.86 bits per heavy atom. The summed E-state index contributed by atoms with van der Waals surface area (Å²) in [5, 5.41) is 13.1. The van der Waals surface area contributed by atoms with Crippen LogP contribution >= 0.6 is 0 Å². The van der Waals surface area contributed by atoms with Gasteiger partial charge in [0.15, 0.2) is 0 Å². The van der Waals surface area contributed by atoms with E-state index in [0.717, 1.165) is 33.9 Å². The third kappa shape index (κ3) is 8.41. The Balaban J connectivity index is 1.50. The molecule has 0 aliphatic carbocycles. The molecule has 0 amide bonds. The minimum Gasteiger partial charge on any atom is -0.507 e. The Hall–Kier alpha value is -7.04. The summed E-state index contributed by atoms with van der Waals surface area (Å²) < 4.78 is 160. The number of para-hydroxylation sites is 1. The number of benzene rings is 7. The second kappa shape index (κ2) is 16.9. The fourth-order valence-electron chi connectivity index (χ4n) is 8.42. The maximum absolute atomic E-state index is 13.1. The second-order valence-electron chi connectivity index (χ2n) is 16.6. The highest BCUT2D eigenvalue weighted by atomic mass is 16.3. The molecule has 4 nitrogen and oxygen atoms in total. The number of imidazole rings is 1. The predicted octanol–water partition coefficient (Wildman–Crippen LogP) is 15.9. The van der Waals surface area contributed by atoms with Crippen LogP contribution in [0.5, 0.6) is 5.75 Å². The van der Waals surface area contributed by atoms with Crippen LogP contribution in [0.2, 0.25) is 0 Å². The highest BCUT2D eigenvalue weighted by Gasteiger charge is 2.29. The molecule has 318 valence electrons. The van der Waals surface area contributed by atoms with Gasteiger partial charge in [0.1, 0.15) is 11.6 Å². The van der Waals surface area contributed by atoms with Crippen molar-refractivity contribution in [1.29, 1.82) is 0 Å². The molecule has 0 aliphatic rings. The highest BCUT2D eigenvalue weighted by Crippen LogP contribution is 2.46. The lowest BCUT2D eigenvalue weighted by Gasteiger charge is -2.27. The van der Waals surface area contributed by atoms with Crippen molar-refractivity contribution in [3.63, 3.8) is 0 Å². The second-order valence-corrected chi connectivity index (χ2v) is 16.6. The quantitative estimate of drug-likeness (QED) is 0.157. The van der Waals surface area contributed by atoms with Crippen LogP contribution in [0.4, 0.5) is 0 Å². The molecule has 1 N–H and O–H groups in total. The molecule has 9 aromatic rings. The van der Waals surface area contributed by atoms with Crippen LogP contribution in [0.3, 0.4) is 0 Å². The van der Waals surface area contributed by atoms with Crippen molar-refractivity contribution in [2.75, 3.05) is 0 Å². The summed E-state index contributed by atoms with van der Waals surface area (Å²) >= 11 is 0. The van der Waals surface area contributed by atoms with Gasteiger partial charge in [-0.25, -0.2) is 4.98 Å². The van der Waals surface area contributed by atoms with Gasteiger partial charge in [-0.15, -0.1) is 0 Å². The van der Waals surface area contributed by atoms with Gasteiger partial charge in [-0.1, -0.05) is 170 Å². The van der Waals surface area contributed by atoms with Crippen molar-refractivity contribution in [2.45, 2.75) is 72.2 Å². The van der Waals surface area contributed by atoms with Gasteiger partial charge in [-0.3, -0.25) is 9.55 Å². The van der Waals surface area contributed by atoms with Crippen molar-refractivity contribution >= 4 is 11.0 Å². The Bertz CT molecular complexity index is 3730. The molecule has 2 aromatic heterocycles. The topological polar surface area (TPSA) is 50.9 Å². The van der Waals surface area contributed by atoms with Gasteiger partial charge in [-0.2, -0.15) is 0 Å². The van der Waals surface area contributed by atoms with Crippen LogP contribution in [0, 0.1) is 5.92 Å². The summed E-state index contributed by atoms with van der Waals surface area (Å²) in [7, 11) is 0. The lowest BCUT2D eigenvalue weighted by atomic mass is 9.79. The molecule has 0 bridgehead atoms. The van der Waals surface area contributed by atoms with E-state index in [2.05, 4.69) is 13.8 Å². The molecular formula is C60H57N3O. The van der Waals surface area contributed by atoms with Gasteiger partial charge in [0.25, 0.3) is 0 Å². The largest absolute Gasteiger partial charge is 0.507 e. The summed E-state index contributed by atoms with van der Waals surface area (Å²) in [6, 6.07) is 50.1. The molecule has 0 atom stereocenters. The molecular weight excluding hydrogens is 779 g/mol. The minimum atomic E-state index is -4.14. The Morgan fingerprint density at radius 2 is 1.19 bits per heavy atom. The first-order chi connectivity index (χ1) is 38.2. The van der Waals surface area contributed by atoms with Crippen LogP contribution in [0.25, 0.3) is 83.9 Å². The molecule has 0 unspecified atom stereocenters. The number of phenols is 1. The van der Waals surface area contributed by atoms with E-state index < -0.39 is 80.2 Å². The van der Waals surface area contributed by atoms with Gasteiger partial charge in [-0.05, 0) is 122 Å². The van der Waals surface area contributed by atoms with E-state index >= 15 is 0 Å². The molecule has 0 saturated carbocycles. The average Bonchev–Trinajstić information content (AvgIpc) is 1.14. The monoisotopic (exact) mass is 854 g/mol. The Kier molecular flexibility index (Phi) is 6.85. The van der Waals surface area contributed by atoms with Gasteiger partial charge in [0.05, 0.1) is 28.0 Å². The smallest absolute Gasteiger partial charge is 0.149 e. The summed E-state index contributed by atoms with van der Waals surface area (Å²) in [6.07, 6.45) is 2.34. The van der Waals surface area contributed by atoms with Crippen molar-refractivity contribution < 1.29 is 29.8 Å². The molecule has 9 rings (SSSR count). The van der Waals surface area contributed by atoms with Crippen LogP contribution in [-0.2, 0) is 17.3 Å². The van der Waals surface area contributed by atoms with E-state index in [-0.39, 0.29) is 17.0 Å². The zero-order valence-electron chi connectivity index (χ0n) is 53.3. The van der Waals surface area contributed by atoms with Crippen molar-refractivity contribution in [3.8, 4) is 78.6 Å². The zero-order valence-corrected chi connectivity index (χ0v) is 35.3.